The van der Waals surface area contributed by atoms with Crippen LogP contribution >= 0.6 is 0 Å². The number of hydrogen-bond donors (Lipinski definition) is 2. The van der Waals surface area contributed by atoms with Crippen LogP contribution in [0.4, 0.5) is 9.59 Å². The van der Waals surface area contributed by atoms with Gasteiger partial charge < -0.3 is 29.1 Å². The zero-order valence-electron chi connectivity index (χ0n) is 18.3. The summed E-state index contributed by atoms with van der Waals surface area (Å²) in [6, 6.07) is 0. The minimum absolute atomic E-state index is 0.337. The Labute approximate surface area is 165 Å². The van der Waals surface area contributed by atoms with E-state index in [0.717, 1.165) is 54.2 Å². The van der Waals surface area contributed by atoms with Crippen molar-refractivity contribution in [3.63, 3.8) is 0 Å². The van der Waals surface area contributed by atoms with Crippen molar-refractivity contribution in [2.45, 2.75) is 32.1 Å². The molecule has 0 aromatic rings. The number of alkyl carbamates (subject to hydrolysis) is 2. The number of amides is 2. The summed E-state index contributed by atoms with van der Waals surface area (Å²) < 4.78 is 11.8. The number of nitrogens with zero attached hydrogens (tertiary/aromatic N) is 2. The van der Waals surface area contributed by atoms with Crippen LogP contribution in [0.25, 0.3) is 0 Å². The van der Waals surface area contributed by atoms with Gasteiger partial charge in [0, 0.05) is 13.1 Å². The van der Waals surface area contributed by atoms with Crippen molar-refractivity contribution in [3.05, 3.63) is 0 Å². The zero-order valence-corrected chi connectivity index (χ0v) is 18.3. The lowest BCUT2D eigenvalue weighted by atomic mass is 10.1. The number of unbranched alkanes of at least 4 members (excludes halogenated alkanes) is 4. The quantitative estimate of drug-likeness (QED) is 0.350. The van der Waals surface area contributed by atoms with Crippen LogP contribution in [0.3, 0.4) is 0 Å². The number of carbonyl (C=O) groups excluding carboxylic acids is 2. The zero-order chi connectivity index (χ0) is 20.8. The highest BCUT2D eigenvalue weighted by Gasteiger charge is 2.09. The molecule has 2 amide bonds. The molecule has 0 atom stereocenters. The molecule has 0 heterocycles. The minimum atomic E-state index is -0.337. The lowest BCUT2D eigenvalue weighted by Gasteiger charge is -2.23. The Bertz CT molecular complexity index is 379. The minimum Gasteiger partial charge on any atom is -0.444 e. The van der Waals surface area contributed by atoms with E-state index < -0.39 is 0 Å². The average Bonchev–Trinajstić information content (AvgIpc) is 2.50. The molecule has 0 unspecified atom stereocenters. The molecule has 8 nitrogen and oxygen atoms in total. The van der Waals surface area contributed by atoms with E-state index >= 15 is 0 Å². The van der Waals surface area contributed by atoms with Crippen LogP contribution in [0.5, 0.6) is 0 Å². The number of rotatable bonds is 14. The fraction of sp³-hybridized carbons (Fsp3) is 0.895. The summed E-state index contributed by atoms with van der Waals surface area (Å²) >= 11 is 0. The van der Waals surface area contributed by atoms with Gasteiger partial charge in [0.1, 0.15) is 26.3 Å². The highest BCUT2D eigenvalue weighted by molar-refractivity contribution is 5.67. The molecule has 0 aliphatic rings. The van der Waals surface area contributed by atoms with Crippen molar-refractivity contribution in [2.24, 2.45) is 0 Å². The molecule has 2 N–H and O–H groups in total. The number of quaternary nitrogens is 2. The summed E-state index contributed by atoms with van der Waals surface area (Å²) in [5.41, 5.74) is 0. The normalized spacial score (nSPS) is 11.8. The van der Waals surface area contributed by atoms with Gasteiger partial charge >= 0.3 is 12.2 Å². The molecule has 0 aromatic carbocycles. The fourth-order valence-corrected chi connectivity index (χ4v) is 2.09. The van der Waals surface area contributed by atoms with E-state index in [9.17, 15) is 9.59 Å². The van der Waals surface area contributed by atoms with E-state index in [-0.39, 0.29) is 12.2 Å². The predicted octanol–water partition coefficient (Wildman–Crippen LogP) is 1.80. The first-order chi connectivity index (χ1) is 12.5. The van der Waals surface area contributed by atoms with Crippen LogP contribution in [-0.4, -0.2) is 103 Å². The van der Waals surface area contributed by atoms with Crippen LogP contribution in [0, 0.1) is 0 Å². The van der Waals surface area contributed by atoms with E-state index in [2.05, 4.69) is 52.9 Å². The molecule has 0 radical (unpaired) electrons. The van der Waals surface area contributed by atoms with E-state index in [1.807, 2.05) is 0 Å². The topological polar surface area (TPSA) is 76.7 Å². The highest BCUT2D eigenvalue weighted by Crippen LogP contribution is 2.02. The van der Waals surface area contributed by atoms with Crippen LogP contribution < -0.4 is 10.6 Å². The standard InChI is InChI=1S/C19H40N4O4/c1-22(2,3)14-16-26-18(24)20-12-10-8-7-9-11-13-21-19(25)27-17-15-23(4,5)6/h7-17H2,1-6H3/p+2. The number of nitrogens with one attached hydrogen (secondary N) is 2. The van der Waals surface area contributed by atoms with Gasteiger partial charge in [-0.3, -0.25) is 0 Å². The SMILES string of the molecule is C[N+](C)(C)CCOC(=O)NCCCCCCCNC(=O)OCC[N+](C)(C)C. The van der Waals surface area contributed by atoms with E-state index in [1.54, 1.807) is 0 Å². The molecule has 0 spiro atoms. The summed E-state index contributed by atoms with van der Waals surface area (Å²) in [6.07, 6.45) is 4.37. The number of carbonyl (C=O) groups is 2. The van der Waals surface area contributed by atoms with Crippen molar-refractivity contribution < 1.29 is 28.0 Å². The number of hydrogen-bond acceptors (Lipinski definition) is 4. The Hall–Kier alpha value is -1.54. The number of likely N-dealkylation sites (N-methyl/N-ethyl adjacent to an activating group) is 2. The maximum absolute atomic E-state index is 11.5. The van der Waals surface area contributed by atoms with Gasteiger partial charge in [-0.2, -0.15) is 0 Å². The van der Waals surface area contributed by atoms with E-state index in [4.69, 9.17) is 9.47 Å². The van der Waals surface area contributed by atoms with Crippen molar-refractivity contribution in [3.8, 4) is 0 Å². The van der Waals surface area contributed by atoms with Gasteiger partial charge in [-0.1, -0.05) is 19.3 Å². The van der Waals surface area contributed by atoms with Crippen molar-refractivity contribution in [2.75, 3.05) is 81.7 Å². The van der Waals surface area contributed by atoms with Gasteiger partial charge in [0.15, 0.2) is 0 Å². The molecule has 0 aliphatic heterocycles. The molecule has 0 rings (SSSR count). The van der Waals surface area contributed by atoms with Gasteiger partial charge in [-0.25, -0.2) is 9.59 Å². The summed E-state index contributed by atoms with van der Waals surface area (Å²) in [5.74, 6) is 0. The highest BCUT2D eigenvalue weighted by atomic mass is 16.6. The summed E-state index contributed by atoms with van der Waals surface area (Å²) in [7, 11) is 12.4. The molecule has 0 aromatic heterocycles. The second-order valence-electron chi connectivity index (χ2n) is 8.92. The molecule has 0 aliphatic carbocycles. The lowest BCUT2D eigenvalue weighted by molar-refractivity contribution is -0.870. The van der Waals surface area contributed by atoms with Crippen molar-refractivity contribution in [1.82, 2.24) is 10.6 Å². The molecule has 0 saturated carbocycles. The first-order valence-corrected chi connectivity index (χ1v) is 9.92. The maximum atomic E-state index is 11.5. The Morgan fingerprint density at radius 1 is 0.630 bits per heavy atom. The Balaban J connectivity index is 3.37. The summed E-state index contributed by atoms with van der Waals surface area (Å²) in [4.78, 5) is 23.0. The van der Waals surface area contributed by atoms with Gasteiger partial charge in [-0.05, 0) is 12.8 Å². The Morgan fingerprint density at radius 2 is 0.963 bits per heavy atom. The van der Waals surface area contributed by atoms with Crippen molar-refractivity contribution >= 4 is 12.2 Å². The average molecular weight is 391 g/mol. The lowest BCUT2D eigenvalue weighted by Crippen LogP contribution is -2.39. The molecule has 0 bridgehead atoms. The predicted molar refractivity (Wildman–Crippen MR) is 108 cm³/mol. The molecule has 8 heteroatoms. The molecule has 0 fully saturated rings. The second-order valence-corrected chi connectivity index (χ2v) is 8.92. The first kappa shape index (κ1) is 25.5. The third kappa shape index (κ3) is 20.6. The largest absolute Gasteiger partial charge is 0.444 e. The fourth-order valence-electron chi connectivity index (χ4n) is 2.09. The third-order valence-electron chi connectivity index (χ3n) is 3.88. The van der Waals surface area contributed by atoms with Gasteiger partial charge in [0.2, 0.25) is 0 Å². The summed E-state index contributed by atoms with van der Waals surface area (Å²) in [6.45, 7) is 3.73. The second kappa shape index (κ2) is 13.6. The third-order valence-corrected chi connectivity index (χ3v) is 3.88. The van der Waals surface area contributed by atoms with Crippen LogP contribution in [-0.2, 0) is 9.47 Å². The molecular formula is C19H42N4O4+2. The molecule has 27 heavy (non-hydrogen) atoms. The Morgan fingerprint density at radius 3 is 1.30 bits per heavy atom. The van der Waals surface area contributed by atoms with E-state index in [1.165, 1.54) is 0 Å². The van der Waals surface area contributed by atoms with E-state index in [0.29, 0.717) is 26.3 Å². The summed E-state index contributed by atoms with van der Waals surface area (Å²) in [5, 5.41) is 5.55. The molecule has 160 valence electrons. The number of ether oxygens (including phenoxy) is 2. The first-order valence-electron chi connectivity index (χ1n) is 9.92. The van der Waals surface area contributed by atoms with Crippen LogP contribution in [0.15, 0.2) is 0 Å². The van der Waals surface area contributed by atoms with Crippen molar-refractivity contribution in [1.29, 1.82) is 0 Å². The molecular weight excluding hydrogens is 348 g/mol. The monoisotopic (exact) mass is 390 g/mol. The Kier molecular flexibility index (Phi) is 12.8. The smallest absolute Gasteiger partial charge is 0.407 e. The maximum Gasteiger partial charge on any atom is 0.407 e. The van der Waals surface area contributed by atoms with Crippen LogP contribution in [0.1, 0.15) is 32.1 Å². The molecule has 0 saturated heterocycles. The van der Waals surface area contributed by atoms with Crippen LogP contribution in [0.2, 0.25) is 0 Å². The van der Waals surface area contributed by atoms with Gasteiger partial charge in [0.05, 0.1) is 42.3 Å². The van der Waals surface area contributed by atoms with Gasteiger partial charge in [0.25, 0.3) is 0 Å². The van der Waals surface area contributed by atoms with Gasteiger partial charge in [-0.15, -0.1) is 0 Å².